The van der Waals surface area contributed by atoms with Crippen molar-refractivity contribution >= 4 is 0 Å². The van der Waals surface area contributed by atoms with Gasteiger partial charge in [-0.3, -0.25) is 0 Å². The average Bonchev–Trinajstić information content (AvgIpc) is 2.81. The molecule has 1 aromatic heterocycles. The van der Waals surface area contributed by atoms with Crippen molar-refractivity contribution < 1.29 is 5.11 Å². The van der Waals surface area contributed by atoms with Gasteiger partial charge in [0.15, 0.2) is 0 Å². The van der Waals surface area contributed by atoms with E-state index in [1.165, 1.54) is 51.4 Å². The van der Waals surface area contributed by atoms with E-state index < -0.39 is 0 Å². The molecule has 4 nitrogen and oxygen atoms in total. The lowest BCUT2D eigenvalue weighted by atomic mass is 10.1. The van der Waals surface area contributed by atoms with E-state index in [2.05, 4.69) is 11.9 Å². The van der Waals surface area contributed by atoms with Crippen molar-refractivity contribution in [3.63, 3.8) is 0 Å². The minimum absolute atomic E-state index is 0.0120. The molecule has 0 amide bonds. The van der Waals surface area contributed by atoms with Crippen molar-refractivity contribution in [2.45, 2.75) is 97.8 Å². The number of hydrogen-bond acceptors (Lipinski definition) is 3. The third kappa shape index (κ3) is 6.09. The highest BCUT2D eigenvalue weighted by molar-refractivity contribution is 5.16. The van der Waals surface area contributed by atoms with Gasteiger partial charge < -0.3 is 15.4 Å². The Hall–Kier alpha value is -0.870. The summed E-state index contributed by atoms with van der Waals surface area (Å²) in [6.45, 7) is 6.17. The summed E-state index contributed by atoms with van der Waals surface area (Å²) in [4.78, 5) is 4.59. The summed E-state index contributed by atoms with van der Waals surface area (Å²) >= 11 is 0. The molecule has 0 saturated carbocycles. The summed E-state index contributed by atoms with van der Waals surface area (Å²) in [5.41, 5.74) is 7.80. The molecule has 0 spiro atoms. The summed E-state index contributed by atoms with van der Waals surface area (Å²) < 4.78 is 2.00. The highest BCUT2D eigenvalue weighted by Gasteiger charge is 2.15. The standard InChI is InChI=1S/C18H35N3O/c1-4-5-6-7-8-9-10-11-12-13-18-20-15(2)17(14-22)21(18)16(3)19/h16,22H,4-14,19H2,1-3H3. The largest absolute Gasteiger partial charge is 0.390 e. The lowest BCUT2D eigenvalue weighted by molar-refractivity contribution is 0.265. The topological polar surface area (TPSA) is 64.1 Å². The Morgan fingerprint density at radius 2 is 1.59 bits per heavy atom. The van der Waals surface area contributed by atoms with Crippen LogP contribution in [0.4, 0.5) is 0 Å². The Morgan fingerprint density at radius 1 is 1.05 bits per heavy atom. The molecule has 4 heteroatoms. The molecule has 0 radical (unpaired) electrons. The number of aryl methyl sites for hydroxylation is 2. The molecule has 0 aliphatic heterocycles. The monoisotopic (exact) mass is 309 g/mol. The molecule has 1 heterocycles. The quantitative estimate of drug-likeness (QED) is 0.568. The van der Waals surface area contributed by atoms with Crippen molar-refractivity contribution in [1.29, 1.82) is 0 Å². The van der Waals surface area contributed by atoms with Crippen LogP contribution in [0.2, 0.25) is 0 Å². The smallest absolute Gasteiger partial charge is 0.110 e. The van der Waals surface area contributed by atoms with Crippen LogP contribution in [0.1, 0.15) is 95.0 Å². The van der Waals surface area contributed by atoms with Crippen molar-refractivity contribution in [2.24, 2.45) is 5.73 Å². The Labute approximate surface area is 136 Å². The number of aliphatic hydroxyl groups excluding tert-OH is 1. The summed E-state index contributed by atoms with van der Waals surface area (Å²) in [7, 11) is 0. The summed E-state index contributed by atoms with van der Waals surface area (Å²) in [5, 5.41) is 9.48. The lowest BCUT2D eigenvalue weighted by Crippen LogP contribution is -2.20. The molecule has 0 aliphatic rings. The number of imidazole rings is 1. The number of unbranched alkanes of at least 4 members (excludes halogenated alkanes) is 8. The zero-order chi connectivity index (χ0) is 16.4. The summed E-state index contributed by atoms with van der Waals surface area (Å²) in [5.74, 6) is 1.03. The van der Waals surface area contributed by atoms with Gasteiger partial charge >= 0.3 is 0 Å². The first-order chi connectivity index (χ1) is 10.6. The van der Waals surface area contributed by atoms with Gasteiger partial charge in [0, 0.05) is 6.42 Å². The fraction of sp³-hybridized carbons (Fsp3) is 0.833. The number of aromatic nitrogens is 2. The first-order valence-corrected chi connectivity index (χ1v) is 9.04. The van der Waals surface area contributed by atoms with E-state index in [4.69, 9.17) is 5.73 Å². The van der Waals surface area contributed by atoms with Crippen LogP contribution in [0, 0.1) is 6.92 Å². The van der Waals surface area contributed by atoms with Gasteiger partial charge in [-0.1, -0.05) is 58.3 Å². The van der Waals surface area contributed by atoms with Crippen molar-refractivity contribution in [1.82, 2.24) is 9.55 Å². The lowest BCUT2D eigenvalue weighted by Gasteiger charge is -2.14. The van der Waals surface area contributed by atoms with Crippen molar-refractivity contribution in [3.8, 4) is 0 Å². The molecular weight excluding hydrogens is 274 g/mol. The average molecular weight is 309 g/mol. The molecule has 1 rings (SSSR count). The second-order valence-electron chi connectivity index (χ2n) is 6.41. The molecule has 0 aromatic carbocycles. The predicted molar refractivity (Wildman–Crippen MR) is 92.7 cm³/mol. The van der Waals surface area contributed by atoms with Gasteiger partial charge in [0.1, 0.15) is 5.82 Å². The summed E-state index contributed by atoms with van der Waals surface area (Å²) in [6.07, 6.45) is 12.8. The van der Waals surface area contributed by atoms with E-state index in [0.717, 1.165) is 30.1 Å². The Morgan fingerprint density at radius 3 is 2.09 bits per heavy atom. The Kier molecular flexibility index (Phi) is 9.41. The molecule has 1 unspecified atom stereocenters. The molecule has 3 N–H and O–H groups in total. The fourth-order valence-electron chi connectivity index (χ4n) is 3.08. The van der Waals surface area contributed by atoms with E-state index in [9.17, 15) is 5.11 Å². The molecule has 0 saturated heterocycles. The maximum atomic E-state index is 9.48. The molecular formula is C18H35N3O. The van der Waals surface area contributed by atoms with Gasteiger partial charge in [-0.05, 0) is 20.3 Å². The van der Waals surface area contributed by atoms with Crippen LogP contribution < -0.4 is 5.73 Å². The van der Waals surface area contributed by atoms with E-state index >= 15 is 0 Å². The Bertz CT molecular complexity index is 413. The predicted octanol–water partition coefficient (Wildman–Crippen LogP) is 4.23. The van der Waals surface area contributed by atoms with Crippen LogP contribution in [0.15, 0.2) is 0 Å². The maximum Gasteiger partial charge on any atom is 0.110 e. The second-order valence-corrected chi connectivity index (χ2v) is 6.41. The highest BCUT2D eigenvalue weighted by atomic mass is 16.3. The van der Waals surface area contributed by atoms with Crippen LogP contribution in [-0.4, -0.2) is 14.7 Å². The van der Waals surface area contributed by atoms with Gasteiger partial charge in [0.05, 0.1) is 24.2 Å². The molecule has 0 fully saturated rings. The third-order valence-electron chi connectivity index (χ3n) is 4.34. The number of hydrogen-bond donors (Lipinski definition) is 2. The minimum atomic E-state index is -0.128. The van der Waals surface area contributed by atoms with Crippen LogP contribution in [0.5, 0.6) is 0 Å². The van der Waals surface area contributed by atoms with E-state index in [0.29, 0.717) is 0 Å². The number of nitrogens with zero attached hydrogens (tertiary/aromatic N) is 2. The molecule has 128 valence electrons. The molecule has 0 aliphatic carbocycles. The zero-order valence-corrected chi connectivity index (χ0v) is 14.8. The van der Waals surface area contributed by atoms with Crippen LogP contribution in [-0.2, 0) is 13.0 Å². The van der Waals surface area contributed by atoms with Gasteiger partial charge in [0.25, 0.3) is 0 Å². The highest BCUT2D eigenvalue weighted by Crippen LogP contribution is 2.18. The van der Waals surface area contributed by atoms with E-state index in [1.807, 2.05) is 18.4 Å². The van der Waals surface area contributed by atoms with Gasteiger partial charge in [-0.25, -0.2) is 4.98 Å². The van der Waals surface area contributed by atoms with E-state index in [-0.39, 0.29) is 12.8 Å². The second kappa shape index (κ2) is 10.8. The normalized spacial score (nSPS) is 12.8. The number of aliphatic hydroxyl groups is 1. The van der Waals surface area contributed by atoms with Crippen LogP contribution >= 0.6 is 0 Å². The molecule has 1 aromatic rings. The first kappa shape index (κ1) is 19.2. The molecule has 1 atom stereocenters. The third-order valence-corrected chi connectivity index (χ3v) is 4.34. The van der Waals surface area contributed by atoms with Crippen LogP contribution in [0.25, 0.3) is 0 Å². The van der Waals surface area contributed by atoms with Gasteiger partial charge in [-0.15, -0.1) is 0 Å². The zero-order valence-electron chi connectivity index (χ0n) is 14.8. The number of rotatable bonds is 12. The fourth-order valence-corrected chi connectivity index (χ4v) is 3.08. The van der Waals surface area contributed by atoms with Gasteiger partial charge in [-0.2, -0.15) is 0 Å². The van der Waals surface area contributed by atoms with Crippen molar-refractivity contribution in [3.05, 3.63) is 17.2 Å². The maximum absolute atomic E-state index is 9.48. The SMILES string of the molecule is CCCCCCCCCCCc1nc(C)c(CO)n1C(C)N. The summed E-state index contributed by atoms with van der Waals surface area (Å²) in [6, 6.07) is 0. The van der Waals surface area contributed by atoms with Crippen LogP contribution in [0.3, 0.4) is 0 Å². The van der Waals surface area contributed by atoms with Crippen molar-refractivity contribution in [2.75, 3.05) is 0 Å². The Balaban J connectivity index is 2.28. The van der Waals surface area contributed by atoms with E-state index in [1.54, 1.807) is 0 Å². The first-order valence-electron chi connectivity index (χ1n) is 9.04. The minimum Gasteiger partial charge on any atom is -0.390 e. The van der Waals surface area contributed by atoms with Gasteiger partial charge in [0.2, 0.25) is 0 Å². The number of nitrogens with two attached hydrogens (primary N) is 1. The molecule has 22 heavy (non-hydrogen) atoms. The molecule has 0 bridgehead atoms.